The molecule has 0 unspecified atom stereocenters. The van der Waals surface area contributed by atoms with Crippen LogP contribution in [0.5, 0.6) is 0 Å². The zero-order chi connectivity index (χ0) is 20.4. The lowest BCUT2D eigenvalue weighted by Crippen LogP contribution is -2.54. The lowest BCUT2D eigenvalue weighted by Gasteiger charge is -2.34. The van der Waals surface area contributed by atoms with E-state index in [9.17, 15) is 14.4 Å². The Balaban J connectivity index is 1.71. The number of nitrogens with one attached hydrogen (secondary N) is 1. The molecule has 1 N–H and O–H groups in total. The number of anilines is 1. The van der Waals surface area contributed by atoms with E-state index in [1.54, 1.807) is 30.3 Å². The van der Waals surface area contributed by atoms with Crippen LogP contribution in [0.1, 0.15) is 18.4 Å². The van der Waals surface area contributed by atoms with E-state index in [1.165, 1.54) is 12.0 Å². The Hall–Kier alpha value is -2.70. The highest BCUT2D eigenvalue weighted by atomic mass is 35.5. The molecule has 3 heterocycles. The molecule has 3 fully saturated rings. The van der Waals surface area contributed by atoms with Crippen LogP contribution in [0.3, 0.4) is 0 Å². The Morgan fingerprint density at radius 1 is 1.03 bits per heavy atom. The summed E-state index contributed by atoms with van der Waals surface area (Å²) in [5, 5.41) is 3.87. The lowest BCUT2D eigenvalue weighted by atomic mass is 9.65. The van der Waals surface area contributed by atoms with Crippen molar-refractivity contribution >= 4 is 35.1 Å². The molecule has 6 nitrogen and oxygen atoms in total. The van der Waals surface area contributed by atoms with Crippen LogP contribution < -0.4 is 10.2 Å². The van der Waals surface area contributed by atoms with E-state index in [1.807, 2.05) is 24.3 Å². The fraction of sp³-hybridized carbons (Fsp3) is 0.318. The van der Waals surface area contributed by atoms with Crippen LogP contribution in [-0.4, -0.2) is 30.4 Å². The number of amides is 2. The van der Waals surface area contributed by atoms with Gasteiger partial charge in [0.15, 0.2) is 0 Å². The molecule has 0 saturated carbocycles. The predicted molar refractivity (Wildman–Crippen MR) is 106 cm³/mol. The predicted octanol–water partition coefficient (Wildman–Crippen LogP) is 2.65. The molecule has 148 valence electrons. The number of benzene rings is 2. The average Bonchev–Trinajstić information content (AvgIpc) is 3.36. The minimum absolute atomic E-state index is 0.316. The van der Waals surface area contributed by atoms with Crippen molar-refractivity contribution in [2.24, 2.45) is 11.8 Å². The summed E-state index contributed by atoms with van der Waals surface area (Å²) in [7, 11) is 1.30. The summed E-state index contributed by atoms with van der Waals surface area (Å²) in [6.07, 6.45) is 0.905. The van der Waals surface area contributed by atoms with Crippen LogP contribution in [-0.2, 0) is 24.7 Å². The number of carbonyl (C=O) groups is 3. The van der Waals surface area contributed by atoms with Gasteiger partial charge in [0.05, 0.1) is 30.2 Å². The summed E-state index contributed by atoms with van der Waals surface area (Å²) in [5.74, 6) is -2.78. The van der Waals surface area contributed by atoms with Crippen molar-refractivity contribution in [3.05, 3.63) is 65.2 Å². The average molecular weight is 411 g/mol. The molecule has 7 heteroatoms. The van der Waals surface area contributed by atoms with Crippen LogP contribution in [0, 0.1) is 11.8 Å². The SMILES string of the molecule is COC(=O)[C@]12CC[C@](c3ccccc3Cl)(N1)[C@@H]1C(=O)N(c3ccccc3)C(=O)[C@@H]12. The van der Waals surface area contributed by atoms with Crippen LogP contribution in [0.15, 0.2) is 54.6 Å². The van der Waals surface area contributed by atoms with Crippen molar-refractivity contribution in [2.75, 3.05) is 12.0 Å². The van der Waals surface area contributed by atoms with Gasteiger partial charge in [0.2, 0.25) is 11.8 Å². The minimum atomic E-state index is -1.24. The Kier molecular flexibility index (Phi) is 3.89. The summed E-state index contributed by atoms with van der Waals surface area (Å²) in [5.41, 5.74) is -0.899. The number of para-hydroxylation sites is 1. The molecular weight excluding hydrogens is 392 g/mol. The Labute approximate surface area is 172 Å². The first-order chi connectivity index (χ1) is 14.0. The second-order valence-electron chi connectivity index (χ2n) is 7.84. The zero-order valence-electron chi connectivity index (χ0n) is 15.7. The van der Waals surface area contributed by atoms with Gasteiger partial charge in [0, 0.05) is 5.02 Å². The molecule has 4 atom stereocenters. The quantitative estimate of drug-likeness (QED) is 0.622. The van der Waals surface area contributed by atoms with Crippen molar-refractivity contribution in [2.45, 2.75) is 23.9 Å². The number of esters is 1. The van der Waals surface area contributed by atoms with Crippen LogP contribution in [0.25, 0.3) is 0 Å². The molecule has 3 aliphatic rings. The highest BCUT2D eigenvalue weighted by Crippen LogP contribution is 2.62. The van der Waals surface area contributed by atoms with Crippen molar-refractivity contribution in [1.29, 1.82) is 0 Å². The maximum atomic E-state index is 13.6. The molecule has 0 aliphatic carbocycles. The highest BCUT2D eigenvalue weighted by molar-refractivity contribution is 6.31. The van der Waals surface area contributed by atoms with Gasteiger partial charge in [-0.1, -0.05) is 48.0 Å². The number of halogens is 1. The highest BCUT2D eigenvalue weighted by Gasteiger charge is 2.77. The number of fused-ring (bicyclic) bond motifs is 5. The fourth-order valence-corrected chi connectivity index (χ4v) is 5.84. The Bertz CT molecular complexity index is 1040. The number of imide groups is 1. The van der Waals surface area contributed by atoms with E-state index in [0.717, 1.165) is 5.56 Å². The number of hydrogen-bond acceptors (Lipinski definition) is 5. The van der Waals surface area contributed by atoms with E-state index in [0.29, 0.717) is 23.6 Å². The summed E-state index contributed by atoms with van der Waals surface area (Å²) in [4.78, 5) is 41.2. The Morgan fingerprint density at radius 3 is 2.38 bits per heavy atom. The standard InChI is InChI=1S/C22H19ClN2O4/c1-29-20(28)22-12-11-21(24-22,14-9-5-6-10-15(14)23)16-17(22)19(27)25(18(16)26)13-7-3-2-4-8-13/h2-10,16-17,24H,11-12H2,1H3/t16-,17+,21+,22+/m0/s1. The van der Waals surface area contributed by atoms with E-state index >= 15 is 0 Å². The van der Waals surface area contributed by atoms with Gasteiger partial charge in [0.1, 0.15) is 5.54 Å². The summed E-state index contributed by atoms with van der Waals surface area (Å²) < 4.78 is 5.08. The second kappa shape index (κ2) is 6.15. The molecule has 2 bridgehead atoms. The van der Waals surface area contributed by atoms with Gasteiger partial charge < -0.3 is 4.74 Å². The number of carbonyl (C=O) groups excluding carboxylic acids is 3. The number of ether oxygens (including phenoxy) is 1. The topological polar surface area (TPSA) is 75.7 Å². The Morgan fingerprint density at radius 2 is 1.69 bits per heavy atom. The summed E-state index contributed by atoms with van der Waals surface area (Å²) in [6.45, 7) is 0. The van der Waals surface area contributed by atoms with E-state index < -0.39 is 28.9 Å². The van der Waals surface area contributed by atoms with Crippen molar-refractivity contribution < 1.29 is 19.1 Å². The van der Waals surface area contributed by atoms with Crippen LogP contribution >= 0.6 is 11.6 Å². The van der Waals surface area contributed by atoms with Gasteiger partial charge in [-0.25, -0.2) is 4.90 Å². The third-order valence-electron chi connectivity index (χ3n) is 6.65. The van der Waals surface area contributed by atoms with E-state index in [2.05, 4.69) is 5.32 Å². The first-order valence-electron chi connectivity index (χ1n) is 9.52. The van der Waals surface area contributed by atoms with Gasteiger partial charge in [0.25, 0.3) is 0 Å². The molecule has 3 aliphatic heterocycles. The van der Waals surface area contributed by atoms with E-state index in [4.69, 9.17) is 16.3 Å². The minimum Gasteiger partial charge on any atom is -0.468 e. The van der Waals surface area contributed by atoms with Gasteiger partial charge in [-0.3, -0.25) is 19.7 Å². The van der Waals surface area contributed by atoms with Crippen LogP contribution in [0.2, 0.25) is 5.02 Å². The summed E-state index contributed by atoms with van der Waals surface area (Å²) >= 11 is 6.51. The second-order valence-corrected chi connectivity index (χ2v) is 8.25. The molecular formula is C22H19ClN2O4. The molecule has 2 amide bonds. The molecule has 0 radical (unpaired) electrons. The zero-order valence-corrected chi connectivity index (χ0v) is 16.5. The largest absolute Gasteiger partial charge is 0.468 e. The molecule has 0 spiro atoms. The molecule has 2 aromatic rings. The maximum Gasteiger partial charge on any atom is 0.326 e. The third kappa shape index (κ3) is 2.18. The molecule has 3 saturated heterocycles. The maximum absolute atomic E-state index is 13.6. The number of rotatable bonds is 3. The number of methoxy groups -OCH3 is 1. The first-order valence-corrected chi connectivity index (χ1v) is 9.90. The molecule has 0 aromatic heterocycles. The lowest BCUT2D eigenvalue weighted by molar-refractivity contribution is -0.152. The number of hydrogen-bond donors (Lipinski definition) is 1. The smallest absolute Gasteiger partial charge is 0.326 e. The van der Waals surface area contributed by atoms with Gasteiger partial charge >= 0.3 is 5.97 Å². The van der Waals surface area contributed by atoms with E-state index in [-0.39, 0.29) is 11.8 Å². The van der Waals surface area contributed by atoms with Gasteiger partial charge in [-0.05, 0) is 36.6 Å². The molecule has 2 aromatic carbocycles. The van der Waals surface area contributed by atoms with Crippen LogP contribution in [0.4, 0.5) is 5.69 Å². The molecule has 5 rings (SSSR count). The summed E-state index contributed by atoms with van der Waals surface area (Å²) in [6, 6.07) is 16.1. The molecule has 29 heavy (non-hydrogen) atoms. The monoisotopic (exact) mass is 410 g/mol. The fourth-order valence-electron chi connectivity index (χ4n) is 5.53. The third-order valence-corrected chi connectivity index (χ3v) is 6.98. The number of nitrogens with zero attached hydrogens (tertiary/aromatic N) is 1. The van der Waals surface area contributed by atoms with Crippen molar-refractivity contribution in [1.82, 2.24) is 5.32 Å². The van der Waals surface area contributed by atoms with Crippen molar-refractivity contribution in [3.8, 4) is 0 Å². The first kappa shape index (κ1) is 18.3. The normalized spacial score (nSPS) is 32.6. The van der Waals surface area contributed by atoms with Gasteiger partial charge in [-0.15, -0.1) is 0 Å². The van der Waals surface area contributed by atoms with Gasteiger partial charge in [-0.2, -0.15) is 0 Å². The van der Waals surface area contributed by atoms with Crippen molar-refractivity contribution in [3.63, 3.8) is 0 Å².